The van der Waals surface area contributed by atoms with Crippen LogP contribution in [0.2, 0.25) is 0 Å². The summed E-state index contributed by atoms with van der Waals surface area (Å²) >= 11 is 0. The van der Waals surface area contributed by atoms with Crippen LogP contribution in [0.3, 0.4) is 0 Å². The van der Waals surface area contributed by atoms with Gasteiger partial charge in [-0.05, 0) is 23.5 Å². The molecule has 0 aliphatic rings. The van der Waals surface area contributed by atoms with Crippen molar-refractivity contribution in [2.75, 3.05) is 0 Å². The van der Waals surface area contributed by atoms with Crippen LogP contribution in [0.4, 0.5) is 0 Å². The second-order valence-corrected chi connectivity index (χ2v) is 5.90. The smallest absolute Gasteiger partial charge is 0.497 e. The van der Waals surface area contributed by atoms with Crippen molar-refractivity contribution in [3.8, 4) is 34.0 Å². The zero-order valence-corrected chi connectivity index (χ0v) is 16.2. The van der Waals surface area contributed by atoms with E-state index >= 15 is 0 Å². The van der Waals surface area contributed by atoms with Crippen molar-refractivity contribution >= 4 is 0 Å². The number of rotatable bonds is 4. The number of ether oxygens (including phenoxy) is 1. The average molecular weight is 443 g/mol. The van der Waals surface area contributed by atoms with E-state index in [-0.39, 0.29) is 20.4 Å². The Morgan fingerprint density at radius 3 is 2.04 bits per heavy atom. The van der Waals surface area contributed by atoms with Gasteiger partial charge in [0.1, 0.15) is 0 Å². The molecule has 0 N–H and O–H groups in total. The van der Waals surface area contributed by atoms with E-state index in [1.165, 1.54) is 0 Å². The van der Waals surface area contributed by atoms with Gasteiger partial charge in [-0.15, -0.1) is 41.0 Å². The molecule has 0 fully saturated rings. The minimum atomic E-state index is 0. The minimum absolute atomic E-state index is 0. The van der Waals surface area contributed by atoms with Gasteiger partial charge in [-0.25, -0.2) is 0 Å². The topological polar surface area (TPSA) is 35.0 Å². The third kappa shape index (κ3) is 4.68. The summed E-state index contributed by atoms with van der Waals surface area (Å²) in [6, 6.07) is 28.0. The number of aromatic nitrogens is 2. The van der Waals surface area contributed by atoms with Crippen molar-refractivity contribution in [3.05, 3.63) is 96.8 Å². The van der Waals surface area contributed by atoms with Crippen molar-refractivity contribution in [3.63, 3.8) is 0 Å². The normalized spacial score (nSPS) is 10.1. The third-order valence-electron chi connectivity index (χ3n) is 3.86. The first kappa shape index (κ1) is 19.0. The monoisotopic (exact) mass is 442 g/mol. The molecule has 2 aromatic carbocycles. The summed E-state index contributed by atoms with van der Waals surface area (Å²) in [6.07, 6.45) is 3.54. The van der Waals surface area contributed by atoms with Gasteiger partial charge in [0, 0.05) is 23.9 Å². The molecule has 0 saturated carbocycles. The molecule has 4 rings (SSSR count). The van der Waals surface area contributed by atoms with Gasteiger partial charge in [-0.2, -0.15) is 0 Å². The van der Waals surface area contributed by atoms with Gasteiger partial charge in [0.25, 0.3) is 0 Å². The van der Waals surface area contributed by atoms with E-state index in [1.54, 1.807) is 12.4 Å². The Morgan fingerprint density at radius 1 is 0.704 bits per heavy atom. The Bertz CT molecular complexity index is 1020. The van der Waals surface area contributed by atoms with Crippen molar-refractivity contribution in [1.29, 1.82) is 0 Å². The molecule has 0 aliphatic heterocycles. The Kier molecular flexibility index (Phi) is 6.13. The molecule has 3 nitrogen and oxygen atoms in total. The molecule has 0 bridgehead atoms. The van der Waals surface area contributed by atoms with Crippen LogP contribution < -0.4 is 4.74 Å². The summed E-state index contributed by atoms with van der Waals surface area (Å²) in [5.41, 5.74) is 4.61. The molecule has 27 heavy (non-hydrogen) atoms. The largest absolute Gasteiger partial charge is 2.00 e. The van der Waals surface area contributed by atoms with E-state index in [0.29, 0.717) is 11.5 Å². The Labute approximate surface area is 172 Å². The van der Waals surface area contributed by atoms with E-state index < -0.39 is 0 Å². The van der Waals surface area contributed by atoms with Crippen molar-refractivity contribution in [2.45, 2.75) is 6.92 Å². The molecule has 2 heterocycles. The van der Waals surface area contributed by atoms with Crippen LogP contribution in [0.1, 0.15) is 5.56 Å². The summed E-state index contributed by atoms with van der Waals surface area (Å²) in [6.45, 7) is 2.03. The molecule has 0 saturated heterocycles. The maximum absolute atomic E-state index is 6.02. The second-order valence-electron chi connectivity index (χ2n) is 5.90. The van der Waals surface area contributed by atoms with Gasteiger partial charge in [0.2, 0.25) is 0 Å². The predicted molar refractivity (Wildman–Crippen MR) is 102 cm³/mol. The van der Waals surface area contributed by atoms with Gasteiger partial charge in [0.15, 0.2) is 0 Å². The summed E-state index contributed by atoms with van der Waals surface area (Å²) < 4.78 is 6.02. The summed E-state index contributed by atoms with van der Waals surface area (Å²) in [5, 5.41) is 0. The quantitative estimate of drug-likeness (QED) is 0.309. The van der Waals surface area contributed by atoms with Crippen LogP contribution in [-0.2, 0) is 20.4 Å². The van der Waals surface area contributed by atoms with E-state index in [1.807, 2.05) is 73.7 Å². The molecule has 0 aliphatic carbocycles. The fourth-order valence-corrected chi connectivity index (χ4v) is 2.69. The summed E-state index contributed by atoms with van der Waals surface area (Å²) in [5.74, 6) is 1.27. The standard InChI is InChI=1S/C23H16N2O.Pd/c1-17-13-19(23-10-3-5-12-25-23)16-21(14-17)26-20-8-6-7-18(15-20)22-9-2-4-11-24-22;/h2-14H,1H3;/q-2;+2. The zero-order valence-electron chi connectivity index (χ0n) is 14.6. The predicted octanol–water partition coefficient (Wildman–Crippen LogP) is 5.51. The van der Waals surface area contributed by atoms with Crippen LogP contribution in [0.25, 0.3) is 22.5 Å². The Hall–Kier alpha value is -2.80. The maximum Gasteiger partial charge on any atom is 2.00 e. The fraction of sp³-hybridized carbons (Fsp3) is 0.0435. The van der Waals surface area contributed by atoms with E-state index in [9.17, 15) is 0 Å². The zero-order chi connectivity index (χ0) is 17.8. The molecule has 0 amide bonds. The van der Waals surface area contributed by atoms with E-state index in [2.05, 4.69) is 22.1 Å². The molecular weight excluding hydrogens is 427 g/mol. The molecule has 134 valence electrons. The molecule has 2 aromatic heterocycles. The second kappa shape index (κ2) is 8.73. The molecule has 0 atom stereocenters. The van der Waals surface area contributed by atoms with Gasteiger partial charge >= 0.3 is 20.4 Å². The van der Waals surface area contributed by atoms with E-state index in [4.69, 9.17) is 4.74 Å². The summed E-state index contributed by atoms with van der Waals surface area (Å²) in [4.78, 5) is 8.75. The van der Waals surface area contributed by atoms with Crippen LogP contribution in [0.15, 0.2) is 79.1 Å². The molecule has 0 spiro atoms. The maximum atomic E-state index is 6.02. The third-order valence-corrected chi connectivity index (χ3v) is 3.86. The number of pyridine rings is 2. The van der Waals surface area contributed by atoms with Crippen molar-refractivity contribution < 1.29 is 25.2 Å². The summed E-state index contributed by atoms with van der Waals surface area (Å²) in [7, 11) is 0. The molecule has 0 radical (unpaired) electrons. The number of hydrogen-bond acceptors (Lipinski definition) is 3. The average Bonchev–Trinajstić information content (AvgIpc) is 2.69. The van der Waals surface area contributed by atoms with Crippen molar-refractivity contribution in [2.24, 2.45) is 0 Å². The molecule has 4 aromatic rings. The number of nitrogens with zero attached hydrogens (tertiary/aromatic N) is 2. The Balaban J connectivity index is 0.00000210. The first-order valence-corrected chi connectivity index (χ1v) is 8.35. The van der Waals surface area contributed by atoms with Gasteiger partial charge in [-0.1, -0.05) is 49.4 Å². The van der Waals surface area contributed by atoms with Crippen LogP contribution in [0.5, 0.6) is 11.5 Å². The van der Waals surface area contributed by atoms with E-state index in [0.717, 1.165) is 28.1 Å². The first-order valence-electron chi connectivity index (χ1n) is 8.35. The number of hydrogen-bond donors (Lipinski definition) is 0. The van der Waals surface area contributed by atoms with Gasteiger partial charge in [-0.3, -0.25) is 0 Å². The van der Waals surface area contributed by atoms with Crippen LogP contribution in [0, 0.1) is 19.1 Å². The van der Waals surface area contributed by atoms with Crippen LogP contribution >= 0.6 is 0 Å². The Morgan fingerprint density at radius 2 is 1.37 bits per heavy atom. The van der Waals surface area contributed by atoms with Gasteiger partial charge in [0.05, 0.1) is 0 Å². The number of aryl methyl sites for hydroxylation is 1. The SMILES string of the molecule is Cc1cc(Oc2[c-]c(-c3ccccn3)ccc2)[c-]c(-c2ccccn2)c1.[Pd+2]. The molecular formula is C23H16N2OPd. The minimum Gasteiger partial charge on any atom is -0.497 e. The fourth-order valence-electron chi connectivity index (χ4n) is 2.69. The first-order chi connectivity index (χ1) is 12.8. The van der Waals surface area contributed by atoms with Gasteiger partial charge < -0.3 is 14.7 Å². The number of benzene rings is 2. The molecule has 0 unspecified atom stereocenters. The molecule has 4 heteroatoms. The van der Waals surface area contributed by atoms with Crippen molar-refractivity contribution in [1.82, 2.24) is 9.97 Å². The van der Waals surface area contributed by atoms with Crippen LogP contribution in [-0.4, -0.2) is 9.97 Å².